The van der Waals surface area contributed by atoms with Crippen LogP contribution in [0.25, 0.3) is 11.4 Å². The summed E-state index contributed by atoms with van der Waals surface area (Å²) in [5, 5.41) is 0. The van der Waals surface area contributed by atoms with Gasteiger partial charge in [0.25, 0.3) is 0 Å². The summed E-state index contributed by atoms with van der Waals surface area (Å²) in [6.07, 6.45) is 0. The van der Waals surface area contributed by atoms with E-state index in [0.29, 0.717) is 17.1 Å². The zero-order valence-corrected chi connectivity index (χ0v) is 12.7. The summed E-state index contributed by atoms with van der Waals surface area (Å²) in [7, 11) is 1.33. The molecule has 0 aliphatic carbocycles. The van der Waals surface area contributed by atoms with Gasteiger partial charge in [-0.2, -0.15) is 0 Å². The molecule has 0 aliphatic rings. The predicted octanol–water partition coefficient (Wildman–Crippen LogP) is 3.52. The van der Waals surface area contributed by atoms with E-state index >= 15 is 0 Å². The zero-order valence-electron chi connectivity index (χ0n) is 11.9. The lowest BCUT2D eigenvalue weighted by atomic mass is 10.0. The number of methoxy groups -OCH3 is 1. The Kier molecular flexibility index (Phi) is 3.99. The normalized spacial score (nSPS) is 10.4. The van der Waals surface area contributed by atoms with Gasteiger partial charge in [-0.15, -0.1) is 0 Å². The number of carbonyl (C=O) groups excluding carboxylic acids is 1. The Morgan fingerprint density at radius 2 is 1.85 bits per heavy atom. The van der Waals surface area contributed by atoms with E-state index in [4.69, 9.17) is 17.0 Å². The molecule has 104 valence electrons. The minimum absolute atomic E-state index is 0.255. The van der Waals surface area contributed by atoms with Gasteiger partial charge in [-0.05, 0) is 31.9 Å². The van der Waals surface area contributed by atoms with E-state index in [1.54, 1.807) is 6.92 Å². The van der Waals surface area contributed by atoms with Gasteiger partial charge in [0.05, 0.1) is 7.11 Å². The number of benzene rings is 1. The van der Waals surface area contributed by atoms with Crippen molar-refractivity contribution >= 4 is 18.2 Å². The van der Waals surface area contributed by atoms with Gasteiger partial charge < -0.3 is 9.72 Å². The number of hydrogen-bond acceptors (Lipinski definition) is 4. The first-order valence-electron chi connectivity index (χ1n) is 6.21. The Morgan fingerprint density at radius 1 is 1.25 bits per heavy atom. The number of nitrogens with one attached hydrogen (secondary N) is 1. The average Bonchev–Trinajstić information content (AvgIpc) is 2.37. The maximum absolute atomic E-state index is 11.7. The van der Waals surface area contributed by atoms with Crippen molar-refractivity contribution in [2.24, 2.45) is 0 Å². The van der Waals surface area contributed by atoms with Crippen LogP contribution in [0.3, 0.4) is 0 Å². The highest BCUT2D eigenvalue weighted by atomic mass is 32.1. The van der Waals surface area contributed by atoms with Crippen LogP contribution >= 0.6 is 12.2 Å². The molecule has 20 heavy (non-hydrogen) atoms. The molecule has 0 saturated heterocycles. The first-order valence-corrected chi connectivity index (χ1v) is 6.62. The number of H-pyrrole nitrogens is 1. The van der Waals surface area contributed by atoms with E-state index in [1.165, 1.54) is 7.11 Å². The third-order valence-electron chi connectivity index (χ3n) is 3.22. The molecule has 0 fully saturated rings. The molecule has 0 amide bonds. The van der Waals surface area contributed by atoms with Crippen molar-refractivity contribution in [3.8, 4) is 11.4 Å². The number of aromatic nitrogens is 2. The van der Waals surface area contributed by atoms with Gasteiger partial charge in [-0.25, -0.2) is 9.78 Å². The summed E-state index contributed by atoms with van der Waals surface area (Å²) in [6, 6.07) is 6.04. The summed E-state index contributed by atoms with van der Waals surface area (Å²) in [5.74, 6) is 0.208. The van der Waals surface area contributed by atoms with Crippen LogP contribution in [-0.4, -0.2) is 23.0 Å². The lowest BCUT2D eigenvalue weighted by Crippen LogP contribution is -2.09. The maximum atomic E-state index is 11.7. The van der Waals surface area contributed by atoms with Gasteiger partial charge in [-0.3, -0.25) is 0 Å². The average molecular weight is 288 g/mol. The van der Waals surface area contributed by atoms with Gasteiger partial charge >= 0.3 is 5.97 Å². The van der Waals surface area contributed by atoms with Crippen LogP contribution < -0.4 is 0 Å². The summed E-state index contributed by atoms with van der Waals surface area (Å²) < 4.78 is 4.98. The fourth-order valence-corrected chi connectivity index (χ4v) is 2.56. The second-order valence-corrected chi connectivity index (χ2v) is 5.04. The Morgan fingerprint density at radius 3 is 2.35 bits per heavy atom. The van der Waals surface area contributed by atoms with Crippen LogP contribution in [0.5, 0.6) is 0 Å². The third-order valence-corrected chi connectivity index (χ3v) is 3.51. The fraction of sp³-hybridized carbons (Fsp3) is 0.267. The van der Waals surface area contributed by atoms with Crippen LogP contribution in [0.1, 0.15) is 27.2 Å². The first kappa shape index (κ1) is 14.4. The molecule has 0 unspecified atom stereocenters. The number of aryl methyl sites for hydroxylation is 3. The smallest absolute Gasteiger partial charge is 0.342 e. The van der Waals surface area contributed by atoms with Gasteiger partial charge in [0.2, 0.25) is 0 Å². The van der Waals surface area contributed by atoms with Gasteiger partial charge in [0, 0.05) is 11.3 Å². The van der Waals surface area contributed by atoms with E-state index in [-0.39, 0.29) is 4.64 Å². The molecular formula is C15H16N2O2S. The number of nitrogens with zero attached hydrogens (tertiary/aromatic N) is 1. The summed E-state index contributed by atoms with van der Waals surface area (Å²) in [5.41, 5.74) is 4.20. The summed E-state index contributed by atoms with van der Waals surface area (Å²) in [4.78, 5) is 19.2. The van der Waals surface area contributed by atoms with Crippen molar-refractivity contribution in [3.05, 3.63) is 45.2 Å². The van der Waals surface area contributed by atoms with Crippen molar-refractivity contribution in [3.63, 3.8) is 0 Å². The highest BCUT2D eigenvalue weighted by Crippen LogP contribution is 2.25. The predicted molar refractivity (Wildman–Crippen MR) is 80.4 cm³/mol. The van der Waals surface area contributed by atoms with Crippen LogP contribution in [0.2, 0.25) is 0 Å². The van der Waals surface area contributed by atoms with Crippen molar-refractivity contribution < 1.29 is 9.53 Å². The van der Waals surface area contributed by atoms with Crippen LogP contribution in [0, 0.1) is 25.4 Å². The lowest BCUT2D eigenvalue weighted by Gasteiger charge is -2.11. The molecule has 5 heteroatoms. The van der Waals surface area contributed by atoms with Gasteiger partial charge in [0.1, 0.15) is 16.0 Å². The van der Waals surface area contributed by atoms with Gasteiger partial charge in [-0.1, -0.05) is 30.4 Å². The first-order chi connectivity index (χ1) is 9.45. The molecule has 0 atom stereocenters. The topological polar surface area (TPSA) is 55.0 Å². The molecule has 0 saturated carbocycles. The zero-order chi connectivity index (χ0) is 14.9. The van der Waals surface area contributed by atoms with E-state index < -0.39 is 5.97 Å². The minimum Gasteiger partial charge on any atom is -0.465 e. The molecule has 1 N–H and O–H groups in total. The van der Waals surface area contributed by atoms with E-state index in [1.807, 2.05) is 32.0 Å². The van der Waals surface area contributed by atoms with Crippen molar-refractivity contribution in [2.45, 2.75) is 20.8 Å². The second kappa shape index (κ2) is 5.54. The highest BCUT2D eigenvalue weighted by molar-refractivity contribution is 7.71. The van der Waals surface area contributed by atoms with Crippen molar-refractivity contribution in [2.75, 3.05) is 7.11 Å². The van der Waals surface area contributed by atoms with Gasteiger partial charge in [0.15, 0.2) is 0 Å². The molecule has 0 aliphatic heterocycles. The molecule has 1 aromatic carbocycles. The number of carbonyl (C=O) groups is 1. The Bertz CT molecular complexity index is 715. The molecular weight excluding hydrogens is 272 g/mol. The Hall–Kier alpha value is -2.01. The molecule has 0 radical (unpaired) electrons. The van der Waals surface area contributed by atoms with Crippen LogP contribution in [0.4, 0.5) is 0 Å². The van der Waals surface area contributed by atoms with Crippen LogP contribution in [-0.2, 0) is 4.74 Å². The molecule has 1 aromatic heterocycles. The maximum Gasteiger partial charge on any atom is 0.342 e. The summed E-state index contributed by atoms with van der Waals surface area (Å²) in [6.45, 7) is 5.83. The molecule has 4 nitrogen and oxygen atoms in total. The molecule has 2 rings (SSSR count). The Balaban J connectivity index is 2.68. The quantitative estimate of drug-likeness (QED) is 0.678. The largest absolute Gasteiger partial charge is 0.465 e. The highest BCUT2D eigenvalue weighted by Gasteiger charge is 2.16. The summed E-state index contributed by atoms with van der Waals surface area (Å²) >= 11 is 5.22. The van der Waals surface area contributed by atoms with E-state index in [9.17, 15) is 4.79 Å². The number of aromatic amines is 1. The number of hydrogen-bond donors (Lipinski definition) is 1. The molecule has 0 spiro atoms. The number of esters is 1. The standard InChI is InChI=1S/C15H16N2O2S/c1-8-6-5-7-9(2)11(8)13-16-10(3)12(14(20)17-13)15(18)19-4/h5-7H,1-4H3,(H,16,17,20). The fourth-order valence-electron chi connectivity index (χ4n) is 2.23. The monoisotopic (exact) mass is 288 g/mol. The van der Waals surface area contributed by atoms with Crippen molar-refractivity contribution in [1.29, 1.82) is 0 Å². The number of rotatable bonds is 2. The number of ether oxygens (including phenoxy) is 1. The van der Waals surface area contributed by atoms with E-state index in [2.05, 4.69) is 9.97 Å². The van der Waals surface area contributed by atoms with E-state index in [0.717, 1.165) is 16.7 Å². The molecule has 0 bridgehead atoms. The second-order valence-electron chi connectivity index (χ2n) is 4.65. The SMILES string of the molecule is COC(=O)c1c(C)[nH]c(-c2c(C)cccc2C)nc1=S. The third kappa shape index (κ3) is 2.49. The minimum atomic E-state index is -0.468. The Labute approximate surface area is 122 Å². The lowest BCUT2D eigenvalue weighted by molar-refractivity contribution is 0.0598. The van der Waals surface area contributed by atoms with Crippen LogP contribution in [0.15, 0.2) is 18.2 Å². The molecule has 1 heterocycles. The molecule has 2 aromatic rings. The van der Waals surface area contributed by atoms with Crippen molar-refractivity contribution in [1.82, 2.24) is 9.97 Å².